The molecule has 6 nitrogen and oxygen atoms in total. The van der Waals surface area contributed by atoms with Crippen molar-refractivity contribution in [1.82, 2.24) is 0 Å². The van der Waals surface area contributed by atoms with Crippen LogP contribution in [0, 0.1) is 0 Å². The Hall–Kier alpha value is -2.11. The van der Waals surface area contributed by atoms with Gasteiger partial charge in [0.2, 0.25) is 0 Å². The monoisotopic (exact) mass is 200 g/mol. The van der Waals surface area contributed by atoms with Crippen LogP contribution in [-0.2, 0) is 19.1 Å². The molecule has 0 bridgehead atoms. The summed E-state index contributed by atoms with van der Waals surface area (Å²) < 4.78 is 4.33. The minimum atomic E-state index is -1.26. The molecule has 0 aromatic heterocycles. The molecule has 0 amide bonds. The number of hydrogen-bond acceptors (Lipinski definition) is 4. The molecule has 0 aromatic carbocycles. The third kappa shape index (κ3) is 7.99. The van der Waals surface area contributed by atoms with Crippen LogP contribution in [0.15, 0.2) is 24.5 Å². The lowest BCUT2D eigenvalue weighted by molar-refractivity contribution is -0.135. The van der Waals surface area contributed by atoms with Gasteiger partial charge < -0.3 is 14.9 Å². The van der Waals surface area contributed by atoms with Gasteiger partial charge in [-0.05, 0) is 6.08 Å². The fraction of sp³-hybridized carbons (Fsp3) is 0.125. The largest absolute Gasteiger partial charge is 0.478 e. The van der Waals surface area contributed by atoms with Gasteiger partial charge in [-0.1, -0.05) is 0 Å². The molecule has 14 heavy (non-hydrogen) atoms. The van der Waals surface area contributed by atoms with Crippen LogP contribution in [0.25, 0.3) is 0 Å². The average Bonchev–Trinajstić information content (AvgIpc) is 2.53. The summed E-state index contributed by atoms with van der Waals surface area (Å²) in [4.78, 5) is 29.1. The molecular weight excluding hydrogens is 192 g/mol. The number of esters is 1. The van der Waals surface area contributed by atoms with Crippen LogP contribution < -0.4 is 0 Å². The number of aliphatic carboxylic acids is 2. The standard InChI is InChI=1S/C4H4O4.C4H4O2/c5-3(6)1-2-4(7)8;5-4-2-1-3-6-4/h1-2H,(H,5,6)(H,7,8);1,3H,2H2/b2-1+;. The number of carbonyl (C=O) groups is 3. The number of carboxylic acids is 2. The van der Waals surface area contributed by atoms with Crippen LogP contribution in [0.2, 0.25) is 0 Å². The van der Waals surface area contributed by atoms with Crippen molar-refractivity contribution < 1.29 is 29.3 Å². The summed E-state index contributed by atoms with van der Waals surface area (Å²) in [5.41, 5.74) is 0. The Balaban J connectivity index is 0.000000249. The minimum absolute atomic E-state index is 0.157. The van der Waals surface area contributed by atoms with Crippen molar-refractivity contribution in [2.45, 2.75) is 6.42 Å². The first-order chi connectivity index (χ1) is 6.52. The highest BCUT2D eigenvalue weighted by atomic mass is 16.5. The SMILES string of the molecule is O=C(O)/C=C/C(=O)O.O=C1CC=CO1. The van der Waals surface area contributed by atoms with Crippen molar-refractivity contribution >= 4 is 17.9 Å². The van der Waals surface area contributed by atoms with Crippen molar-refractivity contribution in [2.75, 3.05) is 0 Å². The molecule has 0 fully saturated rings. The quantitative estimate of drug-likeness (QED) is 0.486. The highest BCUT2D eigenvalue weighted by Crippen LogP contribution is 1.96. The van der Waals surface area contributed by atoms with Gasteiger partial charge in [0.15, 0.2) is 0 Å². The molecule has 2 N–H and O–H groups in total. The smallest absolute Gasteiger partial charge is 0.328 e. The fourth-order valence-electron chi connectivity index (χ4n) is 0.459. The van der Waals surface area contributed by atoms with Gasteiger partial charge in [-0.15, -0.1) is 0 Å². The summed E-state index contributed by atoms with van der Waals surface area (Å²) in [5.74, 6) is -2.67. The first-order valence-electron chi connectivity index (χ1n) is 3.51. The molecule has 0 atom stereocenters. The lowest BCUT2D eigenvalue weighted by Crippen LogP contribution is -1.91. The maximum Gasteiger partial charge on any atom is 0.328 e. The van der Waals surface area contributed by atoms with Crippen LogP contribution in [-0.4, -0.2) is 28.1 Å². The normalized spacial score (nSPS) is 13.3. The van der Waals surface area contributed by atoms with E-state index >= 15 is 0 Å². The van der Waals surface area contributed by atoms with Gasteiger partial charge >= 0.3 is 17.9 Å². The fourth-order valence-corrected chi connectivity index (χ4v) is 0.459. The van der Waals surface area contributed by atoms with Crippen LogP contribution in [0.4, 0.5) is 0 Å². The van der Waals surface area contributed by atoms with E-state index in [0.717, 1.165) is 0 Å². The Kier molecular flexibility index (Phi) is 5.44. The molecule has 1 rings (SSSR count). The molecule has 76 valence electrons. The summed E-state index contributed by atoms with van der Waals surface area (Å²) >= 11 is 0. The Labute approximate surface area is 79.1 Å². The molecule has 0 unspecified atom stereocenters. The van der Waals surface area contributed by atoms with Crippen LogP contribution in [0.5, 0.6) is 0 Å². The minimum Gasteiger partial charge on any atom is -0.478 e. The van der Waals surface area contributed by atoms with Gasteiger partial charge in [-0.25, -0.2) is 9.59 Å². The lowest BCUT2D eigenvalue weighted by atomic mass is 10.5. The van der Waals surface area contributed by atoms with Gasteiger partial charge in [0.25, 0.3) is 0 Å². The number of hydrogen-bond donors (Lipinski definition) is 2. The predicted molar refractivity (Wildman–Crippen MR) is 44.3 cm³/mol. The van der Waals surface area contributed by atoms with E-state index in [1.165, 1.54) is 6.26 Å². The van der Waals surface area contributed by atoms with E-state index in [1.807, 2.05) is 0 Å². The number of carboxylic acid groups (broad SMARTS) is 2. The number of rotatable bonds is 2. The third-order valence-electron chi connectivity index (χ3n) is 0.949. The maximum atomic E-state index is 9.96. The molecule has 0 saturated heterocycles. The van der Waals surface area contributed by atoms with E-state index in [-0.39, 0.29) is 5.97 Å². The molecular formula is C8H8O6. The summed E-state index contributed by atoms with van der Waals surface area (Å²) in [7, 11) is 0. The molecule has 0 aromatic rings. The first kappa shape index (κ1) is 11.9. The second kappa shape index (κ2) is 6.41. The lowest BCUT2D eigenvalue weighted by Gasteiger charge is -1.78. The highest BCUT2D eigenvalue weighted by Gasteiger charge is 2.00. The van der Waals surface area contributed by atoms with E-state index in [9.17, 15) is 14.4 Å². The topological polar surface area (TPSA) is 101 Å². The molecule has 1 aliphatic heterocycles. The van der Waals surface area contributed by atoms with E-state index in [2.05, 4.69) is 4.74 Å². The van der Waals surface area contributed by atoms with Crippen molar-refractivity contribution in [3.05, 3.63) is 24.5 Å². The summed E-state index contributed by atoms with van der Waals surface area (Å²) in [6.45, 7) is 0. The second-order valence-electron chi connectivity index (χ2n) is 2.08. The first-order valence-corrected chi connectivity index (χ1v) is 3.51. The summed E-state index contributed by atoms with van der Waals surface area (Å²) in [6.07, 6.45) is 4.65. The Morgan fingerprint density at radius 2 is 1.79 bits per heavy atom. The average molecular weight is 200 g/mol. The van der Waals surface area contributed by atoms with E-state index in [1.54, 1.807) is 6.08 Å². The number of cyclic esters (lactones) is 1. The van der Waals surface area contributed by atoms with Gasteiger partial charge in [0.1, 0.15) is 0 Å². The van der Waals surface area contributed by atoms with Crippen LogP contribution >= 0.6 is 0 Å². The van der Waals surface area contributed by atoms with E-state index in [4.69, 9.17) is 10.2 Å². The van der Waals surface area contributed by atoms with Crippen molar-refractivity contribution in [2.24, 2.45) is 0 Å². The molecule has 1 heterocycles. The third-order valence-corrected chi connectivity index (χ3v) is 0.949. The maximum absolute atomic E-state index is 9.96. The molecule has 0 aliphatic carbocycles. The number of carbonyl (C=O) groups excluding carboxylic acids is 1. The number of ether oxygens (including phenoxy) is 1. The van der Waals surface area contributed by atoms with Gasteiger partial charge in [-0.2, -0.15) is 0 Å². The zero-order valence-corrected chi connectivity index (χ0v) is 7.04. The van der Waals surface area contributed by atoms with Crippen molar-refractivity contribution in [3.8, 4) is 0 Å². The summed E-state index contributed by atoms with van der Waals surface area (Å²) in [5, 5.41) is 15.6. The Morgan fingerprint density at radius 1 is 1.29 bits per heavy atom. The van der Waals surface area contributed by atoms with Crippen LogP contribution in [0.3, 0.4) is 0 Å². The van der Waals surface area contributed by atoms with E-state index < -0.39 is 11.9 Å². The zero-order valence-electron chi connectivity index (χ0n) is 7.04. The zero-order chi connectivity index (χ0) is 11.0. The highest BCUT2D eigenvalue weighted by molar-refractivity contribution is 5.89. The molecule has 0 spiro atoms. The summed E-state index contributed by atoms with van der Waals surface area (Å²) in [6, 6.07) is 0. The predicted octanol–water partition coefficient (Wildman–Crippen LogP) is 0.159. The van der Waals surface area contributed by atoms with Crippen molar-refractivity contribution in [3.63, 3.8) is 0 Å². The molecule has 0 radical (unpaired) electrons. The Morgan fingerprint density at radius 3 is 1.93 bits per heavy atom. The Bertz CT molecular complexity index is 262. The van der Waals surface area contributed by atoms with Gasteiger partial charge in [0.05, 0.1) is 12.7 Å². The van der Waals surface area contributed by atoms with Gasteiger partial charge in [-0.3, -0.25) is 4.79 Å². The van der Waals surface area contributed by atoms with Gasteiger partial charge in [0, 0.05) is 12.2 Å². The molecule has 1 aliphatic rings. The van der Waals surface area contributed by atoms with Crippen LogP contribution in [0.1, 0.15) is 6.42 Å². The molecule has 6 heteroatoms. The molecule has 0 saturated carbocycles. The van der Waals surface area contributed by atoms with Crippen molar-refractivity contribution in [1.29, 1.82) is 0 Å². The second-order valence-corrected chi connectivity index (χ2v) is 2.08. The van der Waals surface area contributed by atoms with E-state index in [0.29, 0.717) is 18.6 Å².